The van der Waals surface area contributed by atoms with Gasteiger partial charge in [-0.25, -0.2) is 4.68 Å². The van der Waals surface area contributed by atoms with E-state index in [0.717, 1.165) is 16.8 Å². The molecule has 2 aromatic heterocycles. The van der Waals surface area contributed by atoms with Crippen molar-refractivity contribution >= 4 is 10.9 Å². The molecule has 26 heavy (non-hydrogen) atoms. The Labute approximate surface area is 150 Å². The number of nitrogens with zero attached hydrogens (tertiary/aromatic N) is 2. The number of hydrogen-bond acceptors (Lipinski definition) is 2. The average molecular weight is 345 g/mol. The molecule has 0 saturated carbocycles. The second-order valence-corrected chi connectivity index (χ2v) is 6.52. The minimum Gasteiger partial charge on any atom is -0.308 e. The van der Waals surface area contributed by atoms with Gasteiger partial charge in [-0.2, -0.15) is 0 Å². The molecule has 0 bridgehead atoms. The Morgan fingerprint density at radius 3 is 2.31 bits per heavy atom. The summed E-state index contributed by atoms with van der Waals surface area (Å²) >= 11 is 0. The van der Waals surface area contributed by atoms with Crippen molar-refractivity contribution in [3.63, 3.8) is 0 Å². The maximum atomic E-state index is 13.0. The highest BCUT2D eigenvalue weighted by atomic mass is 16.1. The summed E-state index contributed by atoms with van der Waals surface area (Å²) in [5.41, 5.74) is 3.84. The van der Waals surface area contributed by atoms with Crippen molar-refractivity contribution in [2.45, 2.75) is 20.4 Å². The third kappa shape index (κ3) is 2.67. The predicted molar refractivity (Wildman–Crippen MR) is 103 cm³/mol. The number of rotatable bonds is 3. The first-order valence-corrected chi connectivity index (χ1v) is 8.51. The van der Waals surface area contributed by atoms with E-state index in [0.29, 0.717) is 23.1 Å². The largest absolute Gasteiger partial charge is 0.308 e. The lowest BCUT2D eigenvalue weighted by Gasteiger charge is -2.10. The standard InChI is InChI=1S/C21H19N3O2/c1-14-8-10-17(11-9-14)24-21(26)20-15(2)23(19(25)12-18(20)22-24)13-16-6-4-3-5-7-16/h3-12,22H,13H2,1-2H3. The second kappa shape index (κ2) is 6.19. The summed E-state index contributed by atoms with van der Waals surface area (Å²) in [6.45, 7) is 4.26. The Morgan fingerprint density at radius 2 is 1.62 bits per heavy atom. The number of aromatic amines is 1. The van der Waals surface area contributed by atoms with Crippen LogP contribution < -0.4 is 11.1 Å². The fourth-order valence-electron chi connectivity index (χ4n) is 3.25. The van der Waals surface area contributed by atoms with E-state index in [1.165, 1.54) is 10.7 Å². The predicted octanol–water partition coefficient (Wildman–Crippen LogP) is 3.15. The van der Waals surface area contributed by atoms with Crippen molar-refractivity contribution in [2.75, 3.05) is 0 Å². The minimum absolute atomic E-state index is 0.129. The van der Waals surface area contributed by atoms with Crippen LogP contribution in [0.15, 0.2) is 70.3 Å². The molecule has 5 heteroatoms. The Morgan fingerprint density at radius 1 is 0.923 bits per heavy atom. The molecule has 0 amide bonds. The van der Waals surface area contributed by atoms with E-state index in [2.05, 4.69) is 5.10 Å². The zero-order chi connectivity index (χ0) is 18.3. The number of nitrogens with one attached hydrogen (secondary N) is 1. The van der Waals surface area contributed by atoms with Gasteiger partial charge in [-0.3, -0.25) is 14.7 Å². The second-order valence-electron chi connectivity index (χ2n) is 6.52. The molecule has 0 aliphatic heterocycles. The first-order valence-electron chi connectivity index (χ1n) is 8.51. The highest BCUT2D eigenvalue weighted by Gasteiger charge is 2.15. The molecular formula is C21H19N3O2. The molecule has 4 rings (SSSR count). The van der Waals surface area contributed by atoms with E-state index >= 15 is 0 Å². The third-order valence-electron chi connectivity index (χ3n) is 4.69. The van der Waals surface area contributed by atoms with Gasteiger partial charge in [0, 0.05) is 11.8 Å². The molecule has 0 unspecified atom stereocenters. The normalized spacial score (nSPS) is 11.2. The van der Waals surface area contributed by atoms with Crippen LogP contribution in [0.4, 0.5) is 0 Å². The lowest BCUT2D eigenvalue weighted by molar-refractivity contribution is 0.738. The van der Waals surface area contributed by atoms with Crippen LogP contribution in [-0.2, 0) is 6.54 Å². The molecule has 1 N–H and O–H groups in total. The van der Waals surface area contributed by atoms with Crippen LogP contribution in [0.3, 0.4) is 0 Å². The quantitative estimate of drug-likeness (QED) is 0.620. The molecule has 5 nitrogen and oxygen atoms in total. The molecule has 0 atom stereocenters. The molecule has 2 heterocycles. The van der Waals surface area contributed by atoms with Gasteiger partial charge >= 0.3 is 0 Å². The van der Waals surface area contributed by atoms with Gasteiger partial charge in [-0.1, -0.05) is 48.0 Å². The van der Waals surface area contributed by atoms with Gasteiger partial charge in [0.25, 0.3) is 11.1 Å². The Bertz CT molecular complexity index is 1200. The van der Waals surface area contributed by atoms with E-state index in [9.17, 15) is 9.59 Å². The van der Waals surface area contributed by atoms with E-state index in [4.69, 9.17) is 0 Å². The summed E-state index contributed by atoms with van der Waals surface area (Å²) in [7, 11) is 0. The maximum absolute atomic E-state index is 13.0. The zero-order valence-electron chi connectivity index (χ0n) is 14.7. The number of H-pyrrole nitrogens is 1. The molecule has 130 valence electrons. The zero-order valence-corrected chi connectivity index (χ0v) is 14.7. The lowest BCUT2D eigenvalue weighted by Crippen LogP contribution is -2.23. The third-order valence-corrected chi connectivity index (χ3v) is 4.69. The molecule has 0 aliphatic carbocycles. The van der Waals surface area contributed by atoms with Crippen LogP contribution in [0.2, 0.25) is 0 Å². The SMILES string of the molecule is Cc1ccc(-n2[nH]c3cc(=O)n(Cc4ccccc4)c(C)c3c2=O)cc1. The smallest absolute Gasteiger partial charge is 0.280 e. The highest BCUT2D eigenvalue weighted by Crippen LogP contribution is 2.15. The number of fused-ring (bicyclic) bond motifs is 1. The topological polar surface area (TPSA) is 59.8 Å². The van der Waals surface area contributed by atoms with Crippen LogP contribution in [0, 0.1) is 13.8 Å². The van der Waals surface area contributed by atoms with Crippen LogP contribution in [0.1, 0.15) is 16.8 Å². The summed E-state index contributed by atoms with van der Waals surface area (Å²) in [6, 6.07) is 18.9. The van der Waals surface area contributed by atoms with Gasteiger partial charge in [0.1, 0.15) is 0 Å². The van der Waals surface area contributed by atoms with Crippen molar-refractivity contribution in [1.82, 2.24) is 14.3 Å². The molecule has 0 radical (unpaired) electrons. The van der Waals surface area contributed by atoms with Crippen molar-refractivity contribution in [1.29, 1.82) is 0 Å². The molecule has 0 saturated heterocycles. The van der Waals surface area contributed by atoms with Crippen LogP contribution >= 0.6 is 0 Å². The lowest BCUT2D eigenvalue weighted by atomic mass is 10.2. The molecule has 0 fully saturated rings. The van der Waals surface area contributed by atoms with Crippen molar-refractivity contribution in [2.24, 2.45) is 0 Å². The van der Waals surface area contributed by atoms with Crippen LogP contribution in [0.25, 0.3) is 16.6 Å². The summed E-state index contributed by atoms with van der Waals surface area (Å²) < 4.78 is 3.13. The van der Waals surface area contributed by atoms with Crippen molar-refractivity contribution in [3.05, 3.63) is 98.2 Å². The first kappa shape index (κ1) is 16.1. The summed E-state index contributed by atoms with van der Waals surface area (Å²) in [5.74, 6) is 0. The number of benzene rings is 2. The number of pyridine rings is 1. The van der Waals surface area contributed by atoms with Crippen LogP contribution in [-0.4, -0.2) is 14.3 Å². The molecule has 2 aromatic carbocycles. The van der Waals surface area contributed by atoms with Gasteiger partial charge in [-0.15, -0.1) is 0 Å². The van der Waals surface area contributed by atoms with Crippen molar-refractivity contribution < 1.29 is 0 Å². The Kier molecular flexibility index (Phi) is 3.84. The molecule has 0 aliphatic rings. The van der Waals surface area contributed by atoms with Gasteiger partial charge in [0.05, 0.1) is 23.1 Å². The summed E-state index contributed by atoms with van der Waals surface area (Å²) in [5, 5.41) is 3.61. The van der Waals surface area contributed by atoms with Gasteiger partial charge in [0.15, 0.2) is 0 Å². The maximum Gasteiger partial charge on any atom is 0.280 e. The highest BCUT2D eigenvalue weighted by molar-refractivity contribution is 5.80. The van der Waals surface area contributed by atoms with Gasteiger partial charge in [0.2, 0.25) is 0 Å². The van der Waals surface area contributed by atoms with Gasteiger partial charge in [-0.05, 0) is 31.5 Å². The van der Waals surface area contributed by atoms with E-state index in [1.54, 1.807) is 4.57 Å². The van der Waals surface area contributed by atoms with Gasteiger partial charge < -0.3 is 4.57 Å². The summed E-state index contributed by atoms with van der Waals surface area (Å²) in [4.78, 5) is 25.6. The van der Waals surface area contributed by atoms with Crippen LogP contribution in [0.5, 0.6) is 0 Å². The number of hydrogen-bond donors (Lipinski definition) is 1. The molecular weight excluding hydrogens is 326 g/mol. The molecule has 4 aromatic rings. The number of aromatic nitrogens is 3. The Hall–Kier alpha value is -3.34. The van der Waals surface area contributed by atoms with E-state index in [-0.39, 0.29) is 11.1 Å². The first-order chi connectivity index (χ1) is 12.5. The average Bonchev–Trinajstić information content (AvgIpc) is 2.96. The van der Waals surface area contributed by atoms with E-state index < -0.39 is 0 Å². The Balaban J connectivity index is 1.90. The van der Waals surface area contributed by atoms with Crippen molar-refractivity contribution in [3.8, 4) is 5.69 Å². The minimum atomic E-state index is -0.150. The fraction of sp³-hybridized carbons (Fsp3) is 0.143. The summed E-state index contributed by atoms with van der Waals surface area (Å²) in [6.07, 6.45) is 0. The molecule has 0 spiro atoms. The fourth-order valence-corrected chi connectivity index (χ4v) is 3.25. The number of aryl methyl sites for hydroxylation is 2. The monoisotopic (exact) mass is 345 g/mol. The van der Waals surface area contributed by atoms with E-state index in [1.807, 2.05) is 68.4 Å².